The lowest BCUT2D eigenvalue weighted by atomic mass is 10.0. The molecule has 1 aliphatic heterocycles. The second-order valence-corrected chi connectivity index (χ2v) is 5.91. The molecule has 88 valence electrons. The van der Waals surface area contributed by atoms with E-state index in [1.54, 1.807) is 11.3 Å². The summed E-state index contributed by atoms with van der Waals surface area (Å²) in [5.41, 5.74) is 1.15. The number of thiazole rings is 1. The summed E-state index contributed by atoms with van der Waals surface area (Å²) >= 11 is 1.71. The number of rotatable bonds is 1. The molecule has 3 rings (SSSR count). The van der Waals surface area contributed by atoms with Gasteiger partial charge in [0, 0.05) is 12.6 Å². The molecular formula is C12H18N2OS. The highest BCUT2D eigenvalue weighted by atomic mass is 32.1. The fourth-order valence-electron chi connectivity index (χ4n) is 2.72. The highest BCUT2D eigenvalue weighted by Gasteiger charge is 2.28. The average molecular weight is 238 g/mol. The maximum atomic E-state index is 9.94. The Morgan fingerprint density at radius 2 is 2.25 bits per heavy atom. The van der Waals surface area contributed by atoms with Gasteiger partial charge in [-0.15, -0.1) is 0 Å². The molecule has 3 nitrogen and oxygen atoms in total. The molecule has 1 aliphatic carbocycles. The number of hydrogen-bond acceptors (Lipinski definition) is 4. The number of aliphatic hydroxyl groups is 1. The zero-order valence-corrected chi connectivity index (χ0v) is 10.5. The summed E-state index contributed by atoms with van der Waals surface area (Å²) in [6.45, 7) is 3.40. The number of nitrogens with zero attached hydrogens (tertiary/aromatic N) is 2. The molecule has 1 aromatic heterocycles. The van der Waals surface area contributed by atoms with Crippen molar-refractivity contribution in [2.45, 2.75) is 51.2 Å². The number of aryl methyl sites for hydroxylation is 1. The molecule has 2 unspecified atom stereocenters. The maximum Gasteiger partial charge on any atom is 0.186 e. The Bertz CT molecular complexity index is 390. The second-order valence-electron chi connectivity index (χ2n) is 4.90. The van der Waals surface area contributed by atoms with E-state index in [1.165, 1.54) is 12.8 Å². The van der Waals surface area contributed by atoms with E-state index < -0.39 is 0 Å². The lowest BCUT2D eigenvalue weighted by Gasteiger charge is -2.19. The third kappa shape index (κ3) is 1.64. The van der Waals surface area contributed by atoms with Crippen molar-refractivity contribution in [3.05, 3.63) is 10.6 Å². The molecule has 0 aromatic carbocycles. The predicted octanol–water partition coefficient (Wildman–Crippen LogP) is 2.50. The largest absolute Gasteiger partial charge is 0.388 e. The topological polar surface area (TPSA) is 36.4 Å². The summed E-state index contributed by atoms with van der Waals surface area (Å²) in [6.07, 6.45) is 5.32. The van der Waals surface area contributed by atoms with Crippen molar-refractivity contribution < 1.29 is 5.11 Å². The molecule has 0 amide bonds. The van der Waals surface area contributed by atoms with Crippen LogP contribution in [0.1, 0.15) is 49.3 Å². The van der Waals surface area contributed by atoms with Crippen molar-refractivity contribution in [3.8, 4) is 0 Å². The Hall–Kier alpha value is -0.610. The lowest BCUT2D eigenvalue weighted by molar-refractivity contribution is 0.160. The Morgan fingerprint density at radius 1 is 1.38 bits per heavy atom. The van der Waals surface area contributed by atoms with Gasteiger partial charge >= 0.3 is 0 Å². The standard InChI is InChI=1S/C12H18N2OS/c1-8-4-3-7-14(8)12-13-9-5-2-6-10(15)11(9)16-12/h8,10,15H,2-7H2,1H3. The Labute approximate surface area is 100 Å². The van der Waals surface area contributed by atoms with Gasteiger partial charge in [-0.3, -0.25) is 0 Å². The first-order valence-corrected chi connectivity index (χ1v) is 7.01. The van der Waals surface area contributed by atoms with Crippen LogP contribution in [0.15, 0.2) is 0 Å². The van der Waals surface area contributed by atoms with Gasteiger partial charge in [-0.2, -0.15) is 0 Å². The zero-order chi connectivity index (χ0) is 11.1. The van der Waals surface area contributed by atoms with Gasteiger partial charge in [-0.05, 0) is 39.0 Å². The van der Waals surface area contributed by atoms with E-state index in [9.17, 15) is 5.11 Å². The van der Waals surface area contributed by atoms with Crippen LogP contribution in [-0.2, 0) is 6.42 Å². The molecule has 0 spiro atoms. The summed E-state index contributed by atoms with van der Waals surface area (Å²) in [6, 6.07) is 0.616. The van der Waals surface area contributed by atoms with Gasteiger partial charge in [-0.25, -0.2) is 4.98 Å². The number of hydrogen-bond donors (Lipinski definition) is 1. The fraction of sp³-hybridized carbons (Fsp3) is 0.750. The molecule has 0 saturated carbocycles. The van der Waals surface area contributed by atoms with E-state index in [4.69, 9.17) is 4.98 Å². The van der Waals surface area contributed by atoms with Crippen molar-refractivity contribution >= 4 is 16.5 Å². The molecule has 0 bridgehead atoms. The predicted molar refractivity (Wildman–Crippen MR) is 66.1 cm³/mol. The summed E-state index contributed by atoms with van der Waals surface area (Å²) in [7, 11) is 0. The van der Waals surface area contributed by atoms with Crippen LogP contribution in [0.25, 0.3) is 0 Å². The lowest BCUT2D eigenvalue weighted by Crippen LogP contribution is -2.25. The van der Waals surface area contributed by atoms with E-state index >= 15 is 0 Å². The Balaban J connectivity index is 1.91. The van der Waals surface area contributed by atoms with Gasteiger partial charge in [0.05, 0.1) is 16.7 Å². The molecule has 1 fully saturated rings. The summed E-state index contributed by atoms with van der Waals surface area (Å²) < 4.78 is 0. The minimum Gasteiger partial charge on any atom is -0.388 e. The van der Waals surface area contributed by atoms with E-state index in [0.717, 1.165) is 41.5 Å². The smallest absolute Gasteiger partial charge is 0.186 e. The van der Waals surface area contributed by atoms with Crippen molar-refractivity contribution in [1.82, 2.24) is 4.98 Å². The first kappa shape index (κ1) is 10.5. The third-order valence-electron chi connectivity index (χ3n) is 3.71. The second kappa shape index (κ2) is 4.00. The molecule has 2 aliphatic rings. The van der Waals surface area contributed by atoms with E-state index in [1.807, 2.05) is 0 Å². The SMILES string of the molecule is CC1CCCN1c1nc2c(s1)C(O)CCC2. The molecule has 0 radical (unpaired) electrons. The molecule has 1 saturated heterocycles. The third-order valence-corrected chi connectivity index (χ3v) is 4.94. The van der Waals surface area contributed by atoms with Gasteiger partial charge < -0.3 is 10.0 Å². The Morgan fingerprint density at radius 3 is 2.94 bits per heavy atom. The van der Waals surface area contributed by atoms with Crippen LogP contribution in [0.5, 0.6) is 0 Å². The van der Waals surface area contributed by atoms with Gasteiger partial charge in [0.15, 0.2) is 5.13 Å². The van der Waals surface area contributed by atoms with Crippen molar-refractivity contribution in [3.63, 3.8) is 0 Å². The van der Waals surface area contributed by atoms with Gasteiger partial charge in [0.1, 0.15) is 0 Å². The molecule has 4 heteroatoms. The highest BCUT2D eigenvalue weighted by molar-refractivity contribution is 7.15. The number of anilines is 1. The van der Waals surface area contributed by atoms with Crippen LogP contribution in [0.2, 0.25) is 0 Å². The van der Waals surface area contributed by atoms with E-state index in [-0.39, 0.29) is 6.10 Å². The van der Waals surface area contributed by atoms with Crippen LogP contribution in [0.3, 0.4) is 0 Å². The fourth-order valence-corrected chi connectivity index (χ4v) is 3.98. The Kier molecular flexibility index (Phi) is 2.64. The van der Waals surface area contributed by atoms with Crippen molar-refractivity contribution in [2.24, 2.45) is 0 Å². The molecule has 2 atom stereocenters. The summed E-state index contributed by atoms with van der Waals surface area (Å²) in [5.74, 6) is 0. The monoisotopic (exact) mass is 238 g/mol. The molecule has 1 aromatic rings. The minimum atomic E-state index is -0.257. The van der Waals surface area contributed by atoms with Crippen molar-refractivity contribution in [1.29, 1.82) is 0 Å². The number of aliphatic hydroxyl groups excluding tert-OH is 1. The van der Waals surface area contributed by atoms with Crippen LogP contribution in [-0.4, -0.2) is 22.7 Å². The van der Waals surface area contributed by atoms with Crippen molar-refractivity contribution in [2.75, 3.05) is 11.4 Å². The van der Waals surface area contributed by atoms with Gasteiger partial charge in [0.2, 0.25) is 0 Å². The molecular weight excluding hydrogens is 220 g/mol. The first-order valence-electron chi connectivity index (χ1n) is 6.20. The van der Waals surface area contributed by atoms with Crippen LogP contribution < -0.4 is 4.90 Å². The van der Waals surface area contributed by atoms with Crippen LogP contribution >= 0.6 is 11.3 Å². The zero-order valence-electron chi connectivity index (χ0n) is 9.65. The number of fused-ring (bicyclic) bond motifs is 1. The van der Waals surface area contributed by atoms with Gasteiger partial charge in [-0.1, -0.05) is 11.3 Å². The number of aromatic nitrogens is 1. The molecule has 2 heterocycles. The minimum absolute atomic E-state index is 0.257. The summed E-state index contributed by atoms with van der Waals surface area (Å²) in [5, 5.41) is 11.1. The quantitative estimate of drug-likeness (QED) is 0.816. The van der Waals surface area contributed by atoms with E-state index in [0.29, 0.717) is 6.04 Å². The highest BCUT2D eigenvalue weighted by Crippen LogP contribution is 2.39. The summed E-state index contributed by atoms with van der Waals surface area (Å²) in [4.78, 5) is 8.24. The molecule has 16 heavy (non-hydrogen) atoms. The first-order chi connectivity index (χ1) is 7.75. The molecule has 1 N–H and O–H groups in total. The van der Waals surface area contributed by atoms with Gasteiger partial charge in [0.25, 0.3) is 0 Å². The normalized spacial score (nSPS) is 29.5. The average Bonchev–Trinajstić information content (AvgIpc) is 2.84. The van der Waals surface area contributed by atoms with E-state index in [2.05, 4.69) is 11.8 Å². The van der Waals surface area contributed by atoms with Crippen LogP contribution in [0.4, 0.5) is 5.13 Å². The maximum absolute atomic E-state index is 9.94. The van der Waals surface area contributed by atoms with Crippen LogP contribution in [0, 0.1) is 0 Å².